The van der Waals surface area contributed by atoms with Crippen molar-refractivity contribution in [2.24, 2.45) is 7.05 Å². The molecule has 0 amide bonds. The van der Waals surface area contributed by atoms with Gasteiger partial charge in [0.05, 0.1) is 5.75 Å². The molecule has 1 atom stereocenters. The summed E-state index contributed by atoms with van der Waals surface area (Å²) in [5.74, 6) is 2.02. The van der Waals surface area contributed by atoms with Gasteiger partial charge in [0, 0.05) is 30.4 Å². The maximum atomic E-state index is 4.34. The van der Waals surface area contributed by atoms with Crippen molar-refractivity contribution in [3.05, 3.63) is 48.0 Å². The standard InChI is InChI=1S/C16H23N3S/c1-4-9-17-13(2)14-5-7-15(8-6-14)20-12-16-18-10-11-19(16)3/h5-8,10-11,13,17H,4,9,12H2,1-3H3. The molecule has 0 spiro atoms. The first-order valence-electron chi connectivity index (χ1n) is 7.13. The van der Waals surface area contributed by atoms with E-state index in [4.69, 9.17) is 0 Å². The summed E-state index contributed by atoms with van der Waals surface area (Å²) in [6.07, 6.45) is 5.00. The number of rotatable bonds is 7. The van der Waals surface area contributed by atoms with Crippen LogP contribution in [0.15, 0.2) is 41.6 Å². The first kappa shape index (κ1) is 15.1. The van der Waals surface area contributed by atoms with E-state index in [2.05, 4.69) is 53.0 Å². The van der Waals surface area contributed by atoms with Crippen LogP contribution >= 0.6 is 11.8 Å². The van der Waals surface area contributed by atoms with Crippen LogP contribution in [0.5, 0.6) is 0 Å². The van der Waals surface area contributed by atoms with Crippen LogP contribution in [-0.4, -0.2) is 16.1 Å². The van der Waals surface area contributed by atoms with E-state index in [9.17, 15) is 0 Å². The van der Waals surface area contributed by atoms with E-state index in [0.29, 0.717) is 6.04 Å². The van der Waals surface area contributed by atoms with Gasteiger partial charge in [-0.2, -0.15) is 0 Å². The molecule has 0 aliphatic rings. The minimum Gasteiger partial charge on any atom is -0.337 e. The van der Waals surface area contributed by atoms with Gasteiger partial charge in [0.2, 0.25) is 0 Å². The van der Waals surface area contributed by atoms with Crippen LogP contribution in [0.4, 0.5) is 0 Å². The summed E-state index contributed by atoms with van der Waals surface area (Å²) in [7, 11) is 2.03. The van der Waals surface area contributed by atoms with Gasteiger partial charge in [-0.25, -0.2) is 4.98 Å². The minimum atomic E-state index is 0.420. The molecule has 20 heavy (non-hydrogen) atoms. The van der Waals surface area contributed by atoms with Gasteiger partial charge in [-0.05, 0) is 37.6 Å². The van der Waals surface area contributed by atoms with Crippen molar-refractivity contribution in [3.8, 4) is 0 Å². The molecule has 0 radical (unpaired) electrons. The predicted octanol–water partition coefficient (Wildman–Crippen LogP) is 3.77. The fraction of sp³-hybridized carbons (Fsp3) is 0.438. The number of aryl methyl sites for hydroxylation is 1. The summed E-state index contributed by atoms with van der Waals surface area (Å²) >= 11 is 1.83. The minimum absolute atomic E-state index is 0.420. The van der Waals surface area contributed by atoms with Crippen LogP contribution < -0.4 is 5.32 Å². The molecule has 1 N–H and O–H groups in total. The molecular weight excluding hydrogens is 266 g/mol. The van der Waals surface area contributed by atoms with Gasteiger partial charge in [0.1, 0.15) is 5.82 Å². The Labute approximate surface area is 125 Å². The lowest BCUT2D eigenvalue weighted by Crippen LogP contribution is -2.19. The van der Waals surface area contributed by atoms with Crippen molar-refractivity contribution < 1.29 is 0 Å². The quantitative estimate of drug-likeness (QED) is 0.787. The molecule has 3 nitrogen and oxygen atoms in total. The summed E-state index contributed by atoms with van der Waals surface area (Å²) in [5.41, 5.74) is 1.35. The van der Waals surface area contributed by atoms with Crippen LogP contribution in [0.1, 0.15) is 37.7 Å². The number of hydrogen-bond acceptors (Lipinski definition) is 3. The average molecular weight is 289 g/mol. The zero-order valence-corrected chi connectivity index (χ0v) is 13.3. The summed E-state index contributed by atoms with van der Waals surface area (Å²) in [6, 6.07) is 9.26. The first-order chi connectivity index (χ1) is 9.70. The predicted molar refractivity (Wildman–Crippen MR) is 85.9 cm³/mol. The van der Waals surface area contributed by atoms with E-state index in [0.717, 1.165) is 18.1 Å². The molecule has 0 fully saturated rings. The Morgan fingerprint density at radius 2 is 2.05 bits per heavy atom. The highest BCUT2D eigenvalue weighted by molar-refractivity contribution is 7.98. The fourth-order valence-electron chi connectivity index (χ4n) is 2.01. The maximum Gasteiger partial charge on any atom is 0.118 e. The van der Waals surface area contributed by atoms with E-state index in [1.807, 2.05) is 31.2 Å². The Balaban J connectivity index is 1.89. The Kier molecular flexibility index (Phi) is 5.68. The molecule has 0 aliphatic carbocycles. The number of imidazole rings is 1. The Hall–Kier alpha value is -1.26. The molecule has 108 valence electrons. The molecule has 0 saturated heterocycles. The topological polar surface area (TPSA) is 29.9 Å². The molecule has 2 aromatic rings. The highest BCUT2D eigenvalue weighted by Gasteiger charge is 2.05. The summed E-state index contributed by atoms with van der Waals surface area (Å²) in [6.45, 7) is 5.47. The Bertz CT molecular complexity index is 519. The summed E-state index contributed by atoms with van der Waals surface area (Å²) < 4.78 is 2.07. The van der Waals surface area contributed by atoms with Crippen molar-refractivity contribution in [3.63, 3.8) is 0 Å². The van der Waals surface area contributed by atoms with Gasteiger partial charge >= 0.3 is 0 Å². The molecule has 0 aliphatic heterocycles. The molecule has 1 aromatic heterocycles. The Morgan fingerprint density at radius 3 is 2.65 bits per heavy atom. The highest BCUT2D eigenvalue weighted by atomic mass is 32.2. The number of nitrogens with one attached hydrogen (secondary N) is 1. The van der Waals surface area contributed by atoms with Crippen molar-refractivity contribution in [2.75, 3.05) is 6.54 Å². The van der Waals surface area contributed by atoms with Gasteiger partial charge in [-0.15, -0.1) is 11.8 Å². The molecule has 4 heteroatoms. The van der Waals surface area contributed by atoms with Crippen LogP contribution in [-0.2, 0) is 12.8 Å². The third-order valence-electron chi connectivity index (χ3n) is 3.37. The Morgan fingerprint density at radius 1 is 1.30 bits per heavy atom. The second-order valence-electron chi connectivity index (χ2n) is 4.99. The van der Waals surface area contributed by atoms with Crippen molar-refractivity contribution in [1.29, 1.82) is 0 Å². The van der Waals surface area contributed by atoms with Crippen molar-refractivity contribution in [1.82, 2.24) is 14.9 Å². The summed E-state index contributed by atoms with van der Waals surface area (Å²) in [5, 5.41) is 3.51. The molecular formula is C16H23N3S. The van der Waals surface area contributed by atoms with Crippen LogP contribution in [0.3, 0.4) is 0 Å². The van der Waals surface area contributed by atoms with Gasteiger partial charge in [0.25, 0.3) is 0 Å². The van der Waals surface area contributed by atoms with E-state index >= 15 is 0 Å². The normalized spacial score (nSPS) is 12.6. The van der Waals surface area contributed by atoms with Gasteiger partial charge in [-0.1, -0.05) is 19.1 Å². The van der Waals surface area contributed by atoms with E-state index in [-0.39, 0.29) is 0 Å². The van der Waals surface area contributed by atoms with Gasteiger partial charge < -0.3 is 9.88 Å². The largest absolute Gasteiger partial charge is 0.337 e. The number of thioether (sulfide) groups is 1. The second kappa shape index (κ2) is 7.50. The number of nitrogens with zero attached hydrogens (tertiary/aromatic N) is 2. The van der Waals surface area contributed by atoms with Crippen LogP contribution in [0.25, 0.3) is 0 Å². The van der Waals surface area contributed by atoms with E-state index in [1.165, 1.54) is 16.9 Å². The first-order valence-corrected chi connectivity index (χ1v) is 8.11. The molecule has 0 saturated carbocycles. The molecule has 1 unspecified atom stereocenters. The smallest absolute Gasteiger partial charge is 0.118 e. The maximum absolute atomic E-state index is 4.34. The molecule has 1 heterocycles. The monoisotopic (exact) mass is 289 g/mol. The van der Waals surface area contributed by atoms with E-state index in [1.54, 1.807) is 0 Å². The third-order valence-corrected chi connectivity index (χ3v) is 4.38. The van der Waals surface area contributed by atoms with Crippen molar-refractivity contribution in [2.45, 2.75) is 37.0 Å². The molecule has 1 aromatic carbocycles. The third kappa shape index (κ3) is 4.12. The van der Waals surface area contributed by atoms with E-state index < -0.39 is 0 Å². The zero-order valence-electron chi connectivity index (χ0n) is 12.5. The lowest BCUT2D eigenvalue weighted by molar-refractivity contribution is 0.570. The summed E-state index contributed by atoms with van der Waals surface area (Å²) in [4.78, 5) is 5.63. The zero-order chi connectivity index (χ0) is 14.4. The van der Waals surface area contributed by atoms with Gasteiger partial charge in [-0.3, -0.25) is 0 Å². The lowest BCUT2D eigenvalue weighted by atomic mass is 10.1. The molecule has 2 rings (SSSR count). The second-order valence-corrected chi connectivity index (χ2v) is 6.04. The van der Waals surface area contributed by atoms with Gasteiger partial charge in [0.15, 0.2) is 0 Å². The number of aromatic nitrogens is 2. The number of benzene rings is 1. The van der Waals surface area contributed by atoms with Crippen molar-refractivity contribution >= 4 is 11.8 Å². The SMILES string of the molecule is CCCNC(C)c1ccc(SCc2nccn2C)cc1. The van der Waals surface area contributed by atoms with Crippen LogP contribution in [0, 0.1) is 0 Å². The molecule has 0 bridgehead atoms. The fourth-order valence-corrected chi connectivity index (χ4v) is 2.92. The highest BCUT2D eigenvalue weighted by Crippen LogP contribution is 2.23. The van der Waals surface area contributed by atoms with Crippen LogP contribution in [0.2, 0.25) is 0 Å². The lowest BCUT2D eigenvalue weighted by Gasteiger charge is -2.14. The number of hydrogen-bond donors (Lipinski definition) is 1. The average Bonchev–Trinajstić information content (AvgIpc) is 2.88.